The van der Waals surface area contributed by atoms with E-state index < -0.39 is 0 Å². The van der Waals surface area contributed by atoms with Crippen molar-refractivity contribution in [1.82, 2.24) is 19.7 Å². The fraction of sp³-hybridized carbons (Fsp3) is 0.154. The maximum absolute atomic E-state index is 5.32. The molecule has 0 atom stereocenters. The molecule has 1 aromatic carbocycles. The molecule has 3 aromatic rings. The zero-order valence-corrected chi connectivity index (χ0v) is 12.6. The van der Waals surface area contributed by atoms with E-state index in [-0.39, 0.29) is 0 Å². The van der Waals surface area contributed by atoms with E-state index in [0.29, 0.717) is 4.77 Å². The highest BCUT2D eigenvalue weighted by Crippen LogP contribution is 2.24. The molecule has 4 nitrogen and oxygen atoms in total. The van der Waals surface area contributed by atoms with Crippen LogP contribution in [0.2, 0.25) is 0 Å². The first-order chi connectivity index (χ1) is 9.20. The Bertz CT molecular complexity index is 806. The molecule has 0 fully saturated rings. The summed E-state index contributed by atoms with van der Waals surface area (Å²) < 4.78 is 3.50. The summed E-state index contributed by atoms with van der Waals surface area (Å²) >= 11 is 8.76. The lowest BCUT2D eigenvalue weighted by molar-refractivity contribution is 0.882. The molecule has 2 heterocycles. The molecule has 6 heteroatoms. The predicted octanol–water partition coefficient (Wildman–Crippen LogP) is 3.80. The van der Waals surface area contributed by atoms with Gasteiger partial charge >= 0.3 is 0 Å². The van der Waals surface area contributed by atoms with Gasteiger partial charge in [-0.15, -0.1) is 0 Å². The highest BCUT2D eigenvalue weighted by Gasteiger charge is 2.10. The minimum atomic E-state index is 0.592. The maximum Gasteiger partial charge on any atom is 0.199 e. The smallest absolute Gasteiger partial charge is 0.199 e. The van der Waals surface area contributed by atoms with Crippen LogP contribution in [-0.4, -0.2) is 19.7 Å². The molecule has 0 aliphatic carbocycles. The average molecular weight is 335 g/mol. The first kappa shape index (κ1) is 12.5. The molecular formula is C13H11BrN4S. The highest BCUT2D eigenvalue weighted by atomic mass is 79.9. The Balaban J connectivity index is 2.37. The molecule has 0 saturated heterocycles. The molecule has 96 valence electrons. The van der Waals surface area contributed by atoms with Crippen molar-refractivity contribution in [1.29, 1.82) is 0 Å². The second-order valence-electron chi connectivity index (χ2n) is 4.14. The Kier molecular flexibility index (Phi) is 3.20. The molecule has 2 aromatic heterocycles. The molecule has 0 aliphatic heterocycles. The van der Waals surface area contributed by atoms with Crippen LogP contribution in [0.5, 0.6) is 0 Å². The van der Waals surface area contributed by atoms with E-state index in [2.05, 4.69) is 38.0 Å². The zero-order chi connectivity index (χ0) is 13.4. The lowest BCUT2D eigenvalue weighted by Gasteiger charge is -2.08. The second kappa shape index (κ2) is 4.86. The summed E-state index contributed by atoms with van der Waals surface area (Å²) in [6.45, 7) is 2.05. The van der Waals surface area contributed by atoms with E-state index in [9.17, 15) is 0 Å². The largest absolute Gasteiger partial charge is 0.270 e. The van der Waals surface area contributed by atoms with Crippen LogP contribution in [0.25, 0.3) is 16.6 Å². The quantitative estimate of drug-likeness (QED) is 0.725. The molecule has 0 saturated carbocycles. The van der Waals surface area contributed by atoms with Gasteiger partial charge in [-0.25, -0.2) is 0 Å². The number of aromatic amines is 1. The van der Waals surface area contributed by atoms with Crippen LogP contribution in [0.3, 0.4) is 0 Å². The monoisotopic (exact) mass is 334 g/mol. The zero-order valence-electron chi connectivity index (χ0n) is 10.2. The molecule has 1 N–H and O–H groups in total. The third kappa shape index (κ3) is 2.11. The summed E-state index contributed by atoms with van der Waals surface area (Å²) in [4.78, 5) is 4.50. The standard InChI is InChI=1S/C13H11BrN4S/c1-2-11-16-17-13(19)18(11)10-5-3-4-8-6-9(14)7-15-12(8)10/h3-7H,2H2,1H3,(H,17,19). The van der Waals surface area contributed by atoms with Crippen LogP contribution >= 0.6 is 28.1 Å². The minimum Gasteiger partial charge on any atom is -0.270 e. The fourth-order valence-electron chi connectivity index (χ4n) is 2.11. The Morgan fingerprint density at radius 1 is 1.42 bits per heavy atom. The van der Waals surface area contributed by atoms with Gasteiger partial charge in [-0.3, -0.25) is 14.6 Å². The first-order valence-corrected chi connectivity index (χ1v) is 7.11. The SMILES string of the molecule is CCc1n[nH]c(=S)n1-c1cccc2cc(Br)cnc12. The van der Waals surface area contributed by atoms with Crippen molar-refractivity contribution >= 4 is 39.1 Å². The van der Waals surface area contributed by atoms with E-state index in [1.807, 2.05) is 28.8 Å². The highest BCUT2D eigenvalue weighted by molar-refractivity contribution is 9.10. The van der Waals surface area contributed by atoms with Gasteiger partial charge in [0.25, 0.3) is 0 Å². The van der Waals surface area contributed by atoms with Gasteiger partial charge in [0.2, 0.25) is 0 Å². The second-order valence-corrected chi connectivity index (χ2v) is 5.44. The fourth-order valence-corrected chi connectivity index (χ4v) is 2.71. The number of rotatable bonds is 2. The van der Waals surface area contributed by atoms with Crippen molar-refractivity contribution in [3.8, 4) is 5.69 Å². The van der Waals surface area contributed by atoms with Gasteiger partial charge in [-0.2, -0.15) is 5.10 Å². The van der Waals surface area contributed by atoms with E-state index in [4.69, 9.17) is 12.2 Å². The lowest BCUT2D eigenvalue weighted by Crippen LogP contribution is -2.01. The Hall–Kier alpha value is -1.53. The van der Waals surface area contributed by atoms with Gasteiger partial charge in [0.1, 0.15) is 5.82 Å². The van der Waals surface area contributed by atoms with Gasteiger partial charge in [-0.1, -0.05) is 19.1 Å². The number of benzene rings is 1. The number of aromatic nitrogens is 4. The Morgan fingerprint density at radius 3 is 3.05 bits per heavy atom. The normalized spacial score (nSPS) is 11.1. The van der Waals surface area contributed by atoms with E-state index in [1.165, 1.54) is 0 Å². The van der Waals surface area contributed by atoms with Crippen molar-refractivity contribution in [3.63, 3.8) is 0 Å². The van der Waals surface area contributed by atoms with Gasteiger partial charge in [0.05, 0.1) is 11.2 Å². The van der Waals surface area contributed by atoms with Crippen LogP contribution < -0.4 is 0 Å². The molecule has 3 rings (SSSR count). The number of H-pyrrole nitrogens is 1. The molecular weight excluding hydrogens is 324 g/mol. The molecule has 0 amide bonds. The summed E-state index contributed by atoms with van der Waals surface area (Å²) in [5, 5.41) is 8.15. The molecule has 0 bridgehead atoms. The third-order valence-corrected chi connectivity index (χ3v) is 3.66. The number of pyridine rings is 1. The number of aryl methyl sites for hydroxylation is 1. The Labute approximate surface area is 123 Å². The van der Waals surface area contributed by atoms with Crippen molar-refractivity contribution in [2.24, 2.45) is 0 Å². The van der Waals surface area contributed by atoms with E-state index >= 15 is 0 Å². The number of hydrogen-bond donors (Lipinski definition) is 1. The number of hydrogen-bond acceptors (Lipinski definition) is 3. The summed E-state index contributed by atoms with van der Waals surface area (Å²) in [6.07, 6.45) is 2.60. The topological polar surface area (TPSA) is 46.5 Å². The summed E-state index contributed by atoms with van der Waals surface area (Å²) in [5.74, 6) is 0.905. The van der Waals surface area contributed by atoms with Gasteiger partial charge in [0, 0.05) is 22.5 Å². The van der Waals surface area contributed by atoms with Crippen LogP contribution in [-0.2, 0) is 6.42 Å². The van der Waals surface area contributed by atoms with Crippen LogP contribution in [0.1, 0.15) is 12.7 Å². The summed E-state index contributed by atoms with van der Waals surface area (Å²) in [7, 11) is 0. The number of nitrogens with zero attached hydrogens (tertiary/aromatic N) is 3. The van der Waals surface area contributed by atoms with Gasteiger partial charge in [-0.05, 0) is 40.3 Å². The first-order valence-electron chi connectivity index (χ1n) is 5.91. The average Bonchev–Trinajstić information content (AvgIpc) is 2.78. The number of halogens is 1. The number of fused-ring (bicyclic) bond motifs is 1. The van der Waals surface area contributed by atoms with Crippen LogP contribution in [0.4, 0.5) is 0 Å². The third-order valence-electron chi connectivity index (χ3n) is 2.96. The molecule has 0 spiro atoms. The van der Waals surface area contributed by atoms with Crippen molar-refractivity contribution in [2.45, 2.75) is 13.3 Å². The molecule has 0 unspecified atom stereocenters. The molecule has 0 aliphatic rings. The van der Waals surface area contributed by atoms with E-state index in [1.54, 1.807) is 6.20 Å². The lowest BCUT2D eigenvalue weighted by atomic mass is 10.2. The molecule has 19 heavy (non-hydrogen) atoms. The van der Waals surface area contributed by atoms with E-state index in [0.717, 1.165) is 33.3 Å². The number of para-hydroxylation sites is 1. The van der Waals surface area contributed by atoms with Crippen LogP contribution in [0.15, 0.2) is 34.9 Å². The van der Waals surface area contributed by atoms with Crippen LogP contribution in [0, 0.1) is 4.77 Å². The van der Waals surface area contributed by atoms with Crippen molar-refractivity contribution in [2.75, 3.05) is 0 Å². The van der Waals surface area contributed by atoms with Crippen molar-refractivity contribution in [3.05, 3.63) is 45.5 Å². The van der Waals surface area contributed by atoms with Crippen molar-refractivity contribution < 1.29 is 0 Å². The Morgan fingerprint density at radius 2 is 2.26 bits per heavy atom. The molecule has 0 radical (unpaired) electrons. The van der Waals surface area contributed by atoms with Gasteiger partial charge in [0.15, 0.2) is 4.77 Å². The maximum atomic E-state index is 5.32. The summed E-state index contributed by atoms with van der Waals surface area (Å²) in [6, 6.07) is 8.08. The minimum absolute atomic E-state index is 0.592. The number of nitrogens with one attached hydrogen (secondary N) is 1. The predicted molar refractivity (Wildman–Crippen MR) is 81.1 cm³/mol. The summed E-state index contributed by atoms with van der Waals surface area (Å²) in [5.41, 5.74) is 1.87. The van der Waals surface area contributed by atoms with Gasteiger partial charge < -0.3 is 0 Å².